The average Bonchev–Trinajstić information content (AvgIpc) is 2.52. The average molecular weight is 286 g/mol. The molecule has 0 heterocycles. The number of ether oxygens (including phenoxy) is 1. The number of hydrogen-bond donors (Lipinski definition) is 2. The zero-order valence-electron chi connectivity index (χ0n) is 11.9. The number of aliphatic hydroxyl groups is 1. The number of carbonyl (C=O) groups is 1. The Bertz CT molecular complexity index is 617. The minimum atomic E-state index is -0.927. The first-order chi connectivity index (χ1) is 10.2. The van der Waals surface area contributed by atoms with Crippen LogP contribution in [-0.4, -0.2) is 29.4 Å². The van der Waals surface area contributed by atoms with Crippen molar-refractivity contribution in [1.29, 1.82) is 0 Å². The van der Waals surface area contributed by atoms with Crippen LogP contribution >= 0.6 is 0 Å². The topological polar surface area (TPSA) is 66.8 Å². The Morgan fingerprint density at radius 1 is 1.10 bits per heavy atom. The molecule has 0 unspecified atom stereocenters. The van der Waals surface area contributed by atoms with E-state index in [9.17, 15) is 4.79 Å². The van der Waals surface area contributed by atoms with Crippen molar-refractivity contribution in [1.82, 2.24) is 0 Å². The Morgan fingerprint density at radius 2 is 1.76 bits per heavy atom. The van der Waals surface area contributed by atoms with E-state index >= 15 is 0 Å². The van der Waals surface area contributed by atoms with Crippen LogP contribution in [0.2, 0.25) is 0 Å². The first-order valence-corrected chi connectivity index (χ1v) is 6.86. The van der Waals surface area contributed by atoms with Crippen LogP contribution in [0.3, 0.4) is 0 Å². The van der Waals surface area contributed by atoms with Gasteiger partial charge in [-0.05, 0) is 47.4 Å². The second kappa shape index (κ2) is 6.90. The number of aromatic carboxylic acids is 1. The lowest BCUT2D eigenvalue weighted by Crippen LogP contribution is -2.03. The molecule has 21 heavy (non-hydrogen) atoms. The number of aliphatic hydroxyl groups excluding tert-OH is 1. The number of aryl methyl sites for hydroxylation is 1. The van der Waals surface area contributed by atoms with Gasteiger partial charge in [0.25, 0.3) is 0 Å². The van der Waals surface area contributed by atoms with E-state index in [1.807, 2.05) is 25.1 Å². The highest BCUT2D eigenvalue weighted by Gasteiger charge is 2.07. The minimum Gasteiger partial charge on any atom is -0.491 e. The number of hydrogen-bond acceptors (Lipinski definition) is 3. The largest absolute Gasteiger partial charge is 0.491 e. The predicted molar refractivity (Wildman–Crippen MR) is 80.8 cm³/mol. The van der Waals surface area contributed by atoms with Gasteiger partial charge in [-0.15, -0.1) is 0 Å². The van der Waals surface area contributed by atoms with Gasteiger partial charge in [0.05, 0.1) is 12.2 Å². The Morgan fingerprint density at radius 3 is 2.33 bits per heavy atom. The lowest BCUT2D eigenvalue weighted by atomic mass is 10.00. The number of carboxylic acid groups (broad SMARTS) is 1. The molecular formula is C17H18O4. The van der Waals surface area contributed by atoms with Crippen molar-refractivity contribution in [2.24, 2.45) is 0 Å². The van der Waals surface area contributed by atoms with Gasteiger partial charge in [0.1, 0.15) is 12.4 Å². The Kier molecular flexibility index (Phi) is 4.95. The Labute approximate surface area is 123 Å². The van der Waals surface area contributed by atoms with Crippen LogP contribution in [0.1, 0.15) is 22.8 Å². The number of carboxylic acids is 1. The zero-order chi connectivity index (χ0) is 15.2. The van der Waals surface area contributed by atoms with Crippen LogP contribution in [0, 0.1) is 0 Å². The van der Waals surface area contributed by atoms with Gasteiger partial charge in [-0.2, -0.15) is 0 Å². The quantitative estimate of drug-likeness (QED) is 0.856. The van der Waals surface area contributed by atoms with Gasteiger partial charge in [0, 0.05) is 0 Å². The molecule has 0 amide bonds. The lowest BCUT2D eigenvalue weighted by Gasteiger charge is -2.11. The summed E-state index contributed by atoms with van der Waals surface area (Å²) in [6, 6.07) is 12.6. The molecule has 0 bridgehead atoms. The van der Waals surface area contributed by atoms with Gasteiger partial charge in [-0.1, -0.05) is 25.1 Å². The SMILES string of the molecule is CCc1cc(-c2ccc(C(=O)O)cc2)ccc1OCCO. The summed E-state index contributed by atoms with van der Waals surface area (Å²) in [5.74, 6) is -0.152. The maximum absolute atomic E-state index is 10.9. The van der Waals surface area contributed by atoms with E-state index in [0.29, 0.717) is 0 Å². The summed E-state index contributed by atoms with van der Waals surface area (Å²) in [6.45, 7) is 2.31. The molecule has 2 aromatic rings. The fourth-order valence-electron chi connectivity index (χ4n) is 2.14. The summed E-state index contributed by atoms with van der Waals surface area (Å²) >= 11 is 0. The van der Waals surface area contributed by atoms with Gasteiger partial charge in [-0.25, -0.2) is 4.79 Å². The molecule has 0 fully saturated rings. The third kappa shape index (κ3) is 3.61. The molecule has 0 saturated heterocycles. The predicted octanol–water partition coefficient (Wildman–Crippen LogP) is 2.99. The van der Waals surface area contributed by atoms with Crippen LogP contribution in [0.25, 0.3) is 11.1 Å². The van der Waals surface area contributed by atoms with Gasteiger partial charge >= 0.3 is 5.97 Å². The summed E-state index contributed by atoms with van der Waals surface area (Å²) in [5, 5.41) is 17.7. The summed E-state index contributed by atoms with van der Waals surface area (Å²) < 4.78 is 5.49. The third-order valence-electron chi connectivity index (χ3n) is 3.26. The molecule has 0 spiro atoms. The second-order valence-electron chi connectivity index (χ2n) is 4.63. The molecule has 2 N–H and O–H groups in total. The van der Waals surface area contributed by atoms with Crippen LogP contribution in [0.4, 0.5) is 0 Å². The molecule has 0 aliphatic carbocycles. The molecule has 0 atom stereocenters. The van der Waals surface area contributed by atoms with E-state index in [1.165, 1.54) is 0 Å². The van der Waals surface area contributed by atoms with E-state index in [4.69, 9.17) is 14.9 Å². The molecule has 4 nitrogen and oxygen atoms in total. The van der Waals surface area contributed by atoms with Crippen molar-refractivity contribution in [3.05, 3.63) is 53.6 Å². The van der Waals surface area contributed by atoms with Crippen molar-refractivity contribution in [2.45, 2.75) is 13.3 Å². The van der Waals surface area contributed by atoms with Crippen LogP contribution < -0.4 is 4.74 Å². The van der Waals surface area contributed by atoms with E-state index in [1.54, 1.807) is 24.3 Å². The highest BCUT2D eigenvalue weighted by atomic mass is 16.5. The van der Waals surface area contributed by atoms with E-state index in [0.717, 1.165) is 28.9 Å². The standard InChI is InChI=1S/C17H18O4/c1-2-12-11-15(7-8-16(12)21-10-9-18)13-3-5-14(6-4-13)17(19)20/h3-8,11,18H,2,9-10H2,1H3,(H,19,20). The molecule has 0 saturated carbocycles. The molecule has 2 aromatic carbocycles. The van der Waals surface area contributed by atoms with Gasteiger partial charge in [0.2, 0.25) is 0 Å². The highest BCUT2D eigenvalue weighted by Crippen LogP contribution is 2.27. The summed E-state index contributed by atoms with van der Waals surface area (Å²) in [7, 11) is 0. The maximum Gasteiger partial charge on any atom is 0.335 e. The highest BCUT2D eigenvalue weighted by molar-refractivity contribution is 5.88. The van der Waals surface area contributed by atoms with Crippen molar-refractivity contribution in [3.8, 4) is 16.9 Å². The summed E-state index contributed by atoms with van der Waals surface area (Å²) in [5.41, 5.74) is 3.31. The van der Waals surface area contributed by atoms with Crippen molar-refractivity contribution in [2.75, 3.05) is 13.2 Å². The van der Waals surface area contributed by atoms with E-state index < -0.39 is 5.97 Å². The lowest BCUT2D eigenvalue weighted by molar-refractivity contribution is 0.0697. The number of benzene rings is 2. The van der Waals surface area contributed by atoms with Crippen LogP contribution in [0.15, 0.2) is 42.5 Å². The fraction of sp³-hybridized carbons (Fsp3) is 0.235. The van der Waals surface area contributed by atoms with Crippen molar-refractivity contribution >= 4 is 5.97 Å². The fourth-order valence-corrected chi connectivity index (χ4v) is 2.14. The van der Waals surface area contributed by atoms with Gasteiger partial charge in [0.15, 0.2) is 0 Å². The normalized spacial score (nSPS) is 10.4. The molecule has 4 heteroatoms. The third-order valence-corrected chi connectivity index (χ3v) is 3.26. The zero-order valence-corrected chi connectivity index (χ0v) is 11.9. The first-order valence-electron chi connectivity index (χ1n) is 6.86. The minimum absolute atomic E-state index is 0.0123. The van der Waals surface area contributed by atoms with Gasteiger partial charge in [-0.3, -0.25) is 0 Å². The van der Waals surface area contributed by atoms with E-state index in [2.05, 4.69) is 0 Å². The summed E-state index contributed by atoms with van der Waals surface area (Å²) in [4.78, 5) is 10.9. The maximum atomic E-state index is 10.9. The monoisotopic (exact) mass is 286 g/mol. The first kappa shape index (κ1) is 15.1. The van der Waals surface area contributed by atoms with Gasteiger partial charge < -0.3 is 14.9 Å². The molecule has 0 aromatic heterocycles. The molecule has 0 aliphatic rings. The molecule has 0 aliphatic heterocycles. The molecule has 0 radical (unpaired) electrons. The van der Waals surface area contributed by atoms with Crippen molar-refractivity contribution in [3.63, 3.8) is 0 Å². The molecular weight excluding hydrogens is 268 g/mol. The Hall–Kier alpha value is -2.33. The second-order valence-corrected chi connectivity index (χ2v) is 4.63. The Balaban J connectivity index is 2.29. The van der Waals surface area contributed by atoms with Crippen LogP contribution in [-0.2, 0) is 6.42 Å². The molecule has 2 rings (SSSR count). The number of rotatable bonds is 6. The van der Waals surface area contributed by atoms with Crippen LogP contribution in [0.5, 0.6) is 5.75 Å². The molecule has 110 valence electrons. The smallest absolute Gasteiger partial charge is 0.335 e. The summed E-state index contributed by atoms with van der Waals surface area (Å²) in [6.07, 6.45) is 0.821. The van der Waals surface area contributed by atoms with Crippen molar-refractivity contribution < 1.29 is 19.7 Å². The van der Waals surface area contributed by atoms with E-state index in [-0.39, 0.29) is 18.8 Å².